The summed E-state index contributed by atoms with van der Waals surface area (Å²) in [5, 5.41) is 0. The number of hydrogen-bond donors (Lipinski definition) is 0. The summed E-state index contributed by atoms with van der Waals surface area (Å²) >= 11 is 0. The van der Waals surface area contributed by atoms with E-state index in [2.05, 4.69) is 0 Å². The van der Waals surface area contributed by atoms with Gasteiger partial charge in [-0.05, 0) is 0 Å². The van der Waals surface area contributed by atoms with Crippen LogP contribution in [0.1, 0.15) is 0 Å². The van der Waals surface area contributed by atoms with Crippen molar-refractivity contribution in [1.29, 1.82) is 0 Å². The zero-order valence-corrected chi connectivity index (χ0v) is 7.82. The van der Waals surface area contributed by atoms with E-state index in [-0.39, 0.29) is 90.5 Å². The van der Waals surface area contributed by atoms with Gasteiger partial charge in [0, 0.05) is 90.5 Å². The van der Waals surface area contributed by atoms with Crippen LogP contribution in [0.25, 0.3) is 0 Å². The number of hydrogen-bond acceptors (Lipinski definition) is 0. The van der Waals surface area contributed by atoms with E-state index in [0.29, 0.717) is 0 Å². The molecule has 0 fully saturated rings. The van der Waals surface area contributed by atoms with Crippen molar-refractivity contribution in [3.8, 4) is 0 Å². The average molecular weight is 253 g/mol. The predicted molar refractivity (Wildman–Crippen MR) is 5.75 cm³/mol. The molecular formula is CoFeMgMnNi. The molecular weight excluding hydrogens is 253 g/mol. The van der Waals surface area contributed by atoms with Crippen molar-refractivity contribution >= 4 is 23.1 Å². The van der Waals surface area contributed by atoms with E-state index in [1.807, 2.05) is 0 Å². The molecule has 5 heavy (non-hydrogen) atoms. The molecule has 0 atom stereocenters. The Balaban J connectivity index is 0. The first-order valence-electron chi connectivity index (χ1n) is 0. The summed E-state index contributed by atoms with van der Waals surface area (Å²) in [5.74, 6) is 0. The third kappa shape index (κ3) is 20.0. The maximum Gasteiger partial charge on any atom is 0 e. The van der Waals surface area contributed by atoms with Crippen LogP contribution in [0.4, 0.5) is 0 Å². The van der Waals surface area contributed by atoms with E-state index in [1.165, 1.54) is 0 Å². The van der Waals surface area contributed by atoms with Crippen molar-refractivity contribution < 1.29 is 67.4 Å². The zero-order valence-electron chi connectivity index (χ0n) is 2.09. The molecule has 0 aromatic carbocycles. The van der Waals surface area contributed by atoms with Crippen molar-refractivity contribution in [2.24, 2.45) is 0 Å². The average Bonchev–Trinajstić information content (AvgIpc) is 0. The van der Waals surface area contributed by atoms with E-state index < -0.39 is 0 Å². The summed E-state index contributed by atoms with van der Waals surface area (Å²) in [6.07, 6.45) is 0. The van der Waals surface area contributed by atoms with Gasteiger partial charge in [-0.25, -0.2) is 0 Å². The topological polar surface area (TPSA) is 0 Å². The van der Waals surface area contributed by atoms with Crippen molar-refractivity contribution in [2.45, 2.75) is 0 Å². The van der Waals surface area contributed by atoms with Gasteiger partial charge in [0.05, 0.1) is 0 Å². The Hall–Kier alpha value is 2.81. The molecule has 0 nitrogen and oxygen atoms in total. The second kappa shape index (κ2) is 29.1. The van der Waals surface area contributed by atoms with Gasteiger partial charge in [-0.1, -0.05) is 0 Å². The van der Waals surface area contributed by atoms with Gasteiger partial charge in [-0.15, -0.1) is 0 Å². The van der Waals surface area contributed by atoms with Crippen molar-refractivity contribution in [3.05, 3.63) is 0 Å². The molecule has 0 bridgehead atoms. The van der Waals surface area contributed by atoms with Gasteiger partial charge in [-0.3, -0.25) is 0 Å². The molecule has 4 radical (unpaired) electrons. The quantitative estimate of drug-likeness (QED) is 0.515. The molecule has 5 heteroatoms. The standard InChI is InChI=1S/Co.Fe.Mg.Mn.Ni. The van der Waals surface area contributed by atoms with E-state index in [9.17, 15) is 0 Å². The largest absolute Gasteiger partial charge is 0 e. The van der Waals surface area contributed by atoms with E-state index >= 15 is 0 Å². The molecule has 0 saturated carbocycles. The summed E-state index contributed by atoms with van der Waals surface area (Å²) in [5.41, 5.74) is 0. The van der Waals surface area contributed by atoms with Gasteiger partial charge in [0.25, 0.3) is 0 Å². The fourth-order valence-corrected chi connectivity index (χ4v) is 0. The second-order valence-electron chi connectivity index (χ2n) is 0. The molecule has 0 spiro atoms. The normalized spacial score (nSPS) is 0. The molecule has 36 valence electrons. The van der Waals surface area contributed by atoms with Crippen LogP contribution in [0, 0.1) is 0 Å². The minimum atomic E-state index is 0. The van der Waals surface area contributed by atoms with Gasteiger partial charge in [-0.2, -0.15) is 0 Å². The Morgan fingerprint density at radius 1 is 1.00 bits per heavy atom. The van der Waals surface area contributed by atoms with Crippen molar-refractivity contribution in [3.63, 3.8) is 0 Å². The van der Waals surface area contributed by atoms with Crippen LogP contribution < -0.4 is 0 Å². The Morgan fingerprint density at radius 3 is 1.00 bits per heavy atom. The Morgan fingerprint density at radius 2 is 1.00 bits per heavy atom. The van der Waals surface area contributed by atoms with Gasteiger partial charge in [0.15, 0.2) is 0 Å². The van der Waals surface area contributed by atoms with Gasteiger partial charge in [0.1, 0.15) is 0 Å². The molecule has 0 aromatic rings. The van der Waals surface area contributed by atoms with Gasteiger partial charge in [0.2, 0.25) is 0 Å². The molecule has 0 saturated heterocycles. The number of rotatable bonds is 0. The van der Waals surface area contributed by atoms with Crippen LogP contribution in [0.5, 0.6) is 0 Å². The molecule has 0 rings (SSSR count). The van der Waals surface area contributed by atoms with Crippen molar-refractivity contribution in [2.75, 3.05) is 0 Å². The Bertz CT molecular complexity index is 11.6. The molecule has 0 amide bonds. The van der Waals surface area contributed by atoms with E-state index in [1.54, 1.807) is 0 Å². The summed E-state index contributed by atoms with van der Waals surface area (Å²) in [7, 11) is 0. The fraction of sp³-hybridized carbons (Fsp3) is 0. The summed E-state index contributed by atoms with van der Waals surface area (Å²) in [6, 6.07) is 0. The third-order valence-corrected chi connectivity index (χ3v) is 0. The van der Waals surface area contributed by atoms with Crippen molar-refractivity contribution in [1.82, 2.24) is 0 Å². The van der Waals surface area contributed by atoms with Crippen LogP contribution in [0.2, 0.25) is 0 Å². The Kier molecular flexibility index (Phi) is 268. The first-order valence-corrected chi connectivity index (χ1v) is 0. The fourth-order valence-electron chi connectivity index (χ4n) is 0. The summed E-state index contributed by atoms with van der Waals surface area (Å²) < 4.78 is 0. The maximum atomic E-state index is 0. The van der Waals surface area contributed by atoms with E-state index in [4.69, 9.17) is 0 Å². The Labute approximate surface area is 89.2 Å². The minimum absolute atomic E-state index is 0. The molecule has 0 aromatic heterocycles. The van der Waals surface area contributed by atoms with Gasteiger partial charge >= 0.3 is 0 Å². The van der Waals surface area contributed by atoms with Crippen LogP contribution in [-0.4, -0.2) is 23.1 Å². The predicted octanol–water partition coefficient (Wildman–Crippen LogP) is -0.391. The van der Waals surface area contributed by atoms with Crippen LogP contribution in [-0.2, 0) is 67.4 Å². The SMILES string of the molecule is [Co].[Fe].[Mg].[Mn].[Ni]. The minimum Gasteiger partial charge on any atom is 0 e. The van der Waals surface area contributed by atoms with Crippen LogP contribution in [0.3, 0.4) is 0 Å². The summed E-state index contributed by atoms with van der Waals surface area (Å²) in [4.78, 5) is 0. The summed E-state index contributed by atoms with van der Waals surface area (Å²) in [6.45, 7) is 0. The van der Waals surface area contributed by atoms with Crippen LogP contribution in [0.15, 0.2) is 0 Å². The second-order valence-corrected chi connectivity index (χ2v) is 0. The first kappa shape index (κ1) is 45.9. The smallest absolute Gasteiger partial charge is 0 e. The van der Waals surface area contributed by atoms with E-state index in [0.717, 1.165) is 0 Å². The monoisotopic (exact) mass is 252 g/mol. The molecule has 0 aliphatic rings. The molecule has 0 unspecified atom stereocenters. The van der Waals surface area contributed by atoms with Crippen LogP contribution >= 0.6 is 0 Å². The first-order chi connectivity index (χ1) is 0. The molecule has 0 aliphatic carbocycles. The molecule has 0 heterocycles. The zero-order chi connectivity index (χ0) is 0. The molecule has 0 aliphatic heterocycles. The molecule has 0 N–H and O–H groups in total. The maximum absolute atomic E-state index is 0. The van der Waals surface area contributed by atoms with Gasteiger partial charge < -0.3 is 0 Å². The third-order valence-electron chi connectivity index (χ3n) is 0.